The van der Waals surface area contributed by atoms with Gasteiger partial charge in [0.2, 0.25) is 5.89 Å². The summed E-state index contributed by atoms with van der Waals surface area (Å²) >= 11 is 5.83. The van der Waals surface area contributed by atoms with Crippen LogP contribution in [0.2, 0.25) is 5.02 Å². The molecule has 132 valence electrons. The maximum Gasteiger partial charge on any atom is 0.286 e. The normalized spacial score (nSPS) is 10.7. The third kappa shape index (κ3) is 3.47. The Morgan fingerprint density at radius 2 is 2.04 bits per heavy atom. The number of nitrogens with zero attached hydrogens (tertiary/aromatic N) is 3. The number of amides is 1. The first-order chi connectivity index (χ1) is 12.3. The van der Waals surface area contributed by atoms with Gasteiger partial charge in [0.1, 0.15) is 12.1 Å². The number of carbonyl (C=O) groups excluding carboxylic acids is 1. The second-order valence-electron chi connectivity index (χ2n) is 5.29. The molecule has 10 heteroatoms. The molecule has 0 aliphatic heterocycles. The number of halogens is 1. The molecule has 3 rings (SSSR count). The zero-order valence-electron chi connectivity index (χ0n) is 13.1. The van der Waals surface area contributed by atoms with E-state index in [9.17, 15) is 19.7 Å². The van der Waals surface area contributed by atoms with Gasteiger partial charge in [0, 0.05) is 16.7 Å². The molecular formula is C16H11ClN4O5. The van der Waals surface area contributed by atoms with Gasteiger partial charge in [0.05, 0.1) is 17.3 Å². The van der Waals surface area contributed by atoms with E-state index in [1.807, 2.05) is 0 Å². The van der Waals surface area contributed by atoms with Gasteiger partial charge in [0.25, 0.3) is 17.2 Å². The van der Waals surface area contributed by atoms with Crippen molar-refractivity contribution in [1.82, 2.24) is 9.55 Å². The van der Waals surface area contributed by atoms with Crippen LogP contribution >= 0.6 is 11.6 Å². The Morgan fingerprint density at radius 3 is 2.65 bits per heavy atom. The molecule has 0 atom stereocenters. The third-order valence-electron chi connectivity index (χ3n) is 3.54. The number of carbonyl (C=O) groups is 1. The minimum absolute atomic E-state index is 0.132. The Labute approximate surface area is 150 Å². The van der Waals surface area contributed by atoms with Gasteiger partial charge in [0.15, 0.2) is 5.76 Å². The number of nitro groups is 1. The molecule has 0 saturated heterocycles. The fourth-order valence-electron chi connectivity index (χ4n) is 2.29. The lowest BCUT2D eigenvalue weighted by Gasteiger charge is -2.05. The molecule has 0 unspecified atom stereocenters. The summed E-state index contributed by atoms with van der Waals surface area (Å²) in [7, 11) is 0. The van der Waals surface area contributed by atoms with Crippen LogP contribution in [0.4, 0.5) is 5.69 Å². The molecule has 0 bridgehead atoms. The quantitative estimate of drug-likeness (QED) is 0.537. The van der Waals surface area contributed by atoms with Gasteiger partial charge in [-0.2, -0.15) is 0 Å². The zero-order chi connectivity index (χ0) is 18.8. The van der Waals surface area contributed by atoms with Gasteiger partial charge >= 0.3 is 0 Å². The highest BCUT2D eigenvalue weighted by Gasteiger charge is 2.18. The largest absolute Gasteiger partial charge is 0.439 e. The molecule has 0 fully saturated rings. The molecular weight excluding hydrogens is 364 g/mol. The predicted molar refractivity (Wildman–Crippen MR) is 91.9 cm³/mol. The minimum atomic E-state index is -1.05. The zero-order valence-corrected chi connectivity index (χ0v) is 13.8. The van der Waals surface area contributed by atoms with E-state index in [1.54, 1.807) is 24.3 Å². The number of oxazole rings is 1. The van der Waals surface area contributed by atoms with Crippen LogP contribution in [0.15, 0.2) is 51.9 Å². The molecule has 9 nitrogen and oxygen atoms in total. The van der Waals surface area contributed by atoms with Gasteiger partial charge in [-0.3, -0.25) is 24.3 Å². The Morgan fingerprint density at radius 1 is 1.35 bits per heavy atom. The second-order valence-corrected chi connectivity index (χ2v) is 5.73. The van der Waals surface area contributed by atoms with Crippen molar-refractivity contribution in [1.29, 1.82) is 0 Å². The summed E-state index contributed by atoms with van der Waals surface area (Å²) in [6, 6.07) is 7.68. The molecule has 1 amide bonds. The second kappa shape index (κ2) is 6.81. The maximum atomic E-state index is 12.3. The molecule has 0 aliphatic rings. The van der Waals surface area contributed by atoms with Crippen LogP contribution in [0, 0.1) is 10.1 Å². The maximum absolute atomic E-state index is 12.3. The SMILES string of the molecule is NC(=O)c1cc([N+](=O)[O-])cn(Cc2ncc(-c3ccc(Cl)cc3)o2)c1=O. The van der Waals surface area contributed by atoms with E-state index in [-0.39, 0.29) is 12.4 Å². The van der Waals surface area contributed by atoms with Gasteiger partial charge in [-0.25, -0.2) is 4.98 Å². The highest BCUT2D eigenvalue weighted by molar-refractivity contribution is 6.30. The van der Waals surface area contributed by atoms with E-state index in [0.717, 1.165) is 22.4 Å². The molecule has 0 saturated carbocycles. The van der Waals surface area contributed by atoms with E-state index < -0.39 is 27.6 Å². The lowest BCUT2D eigenvalue weighted by atomic mass is 10.2. The summed E-state index contributed by atoms with van der Waals surface area (Å²) in [5, 5.41) is 11.6. The number of aromatic nitrogens is 2. The summed E-state index contributed by atoms with van der Waals surface area (Å²) in [6.07, 6.45) is 2.46. The van der Waals surface area contributed by atoms with Gasteiger partial charge in [-0.15, -0.1) is 0 Å². The Bertz CT molecular complexity index is 1060. The number of hydrogen-bond donors (Lipinski definition) is 1. The number of nitrogens with two attached hydrogens (primary N) is 1. The first-order valence-corrected chi connectivity index (χ1v) is 7.62. The molecule has 2 N–H and O–H groups in total. The highest BCUT2D eigenvalue weighted by atomic mass is 35.5. The molecule has 0 spiro atoms. The van der Waals surface area contributed by atoms with Crippen LogP contribution in [-0.4, -0.2) is 20.4 Å². The van der Waals surface area contributed by atoms with Crippen molar-refractivity contribution in [3.8, 4) is 11.3 Å². The fraction of sp³-hybridized carbons (Fsp3) is 0.0625. The smallest absolute Gasteiger partial charge is 0.286 e. The number of primary amides is 1. The molecule has 0 aliphatic carbocycles. The van der Waals surface area contributed by atoms with E-state index in [4.69, 9.17) is 21.8 Å². The molecule has 0 radical (unpaired) electrons. The van der Waals surface area contributed by atoms with Crippen molar-refractivity contribution in [2.45, 2.75) is 6.54 Å². The van der Waals surface area contributed by atoms with Gasteiger partial charge < -0.3 is 10.2 Å². The van der Waals surface area contributed by atoms with Crippen molar-refractivity contribution >= 4 is 23.2 Å². The highest BCUT2D eigenvalue weighted by Crippen LogP contribution is 2.22. The minimum Gasteiger partial charge on any atom is -0.439 e. The molecule has 3 aromatic rings. The number of pyridine rings is 1. The summed E-state index contributed by atoms with van der Waals surface area (Å²) < 4.78 is 6.52. The first-order valence-electron chi connectivity index (χ1n) is 7.24. The number of benzene rings is 1. The van der Waals surface area contributed by atoms with E-state index in [0.29, 0.717) is 10.8 Å². The summed E-state index contributed by atoms with van der Waals surface area (Å²) in [4.78, 5) is 37.9. The third-order valence-corrected chi connectivity index (χ3v) is 3.79. The molecule has 2 aromatic heterocycles. The average Bonchev–Trinajstić information content (AvgIpc) is 3.05. The lowest BCUT2D eigenvalue weighted by molar-refractivity contribution is -0.385. The van der Waals surface area contributed by atoms with E-state index in [1.165, 1.54) is 6.20 Å². The van der Waals surface area contributed by atoms with Gasteiger partial charge in [-0.05, 0) is 24.3 Å². The van der Waals surface area contributed by atoms with Gasteiger partial charge in [-0.1, -0.05) is 11.6 Å². The van der Waals surface area contributed by atoms with Crippen LogP contribution in [0.25, 0.3) is 11.3 Å². The lowest BCUT2D eigenvalue weighted by Crippen LogP contribution is -2.30. The van der Waals surface area contributed by atoms with Crippen LogP contribution in [0.5, 0.6) is 0 Å². The van der Waals surface area contributed by atoms with Crippen molar-refractivity contribution < 1.29 is 14.1 Å². The number of hydrogen-bond acceptors (Lipinski definition) is 6. The standard InChI is InChI=1S/C16H11ClN4O5/c17-10-3-1-9(2-4-10)13-6-19-14(26-13)8-20-7-11(21(24)25)5-12(15(18)22)16(20)23/h1-7H,8H2,(H2,18,22). The van der Waals surface area contributed by atoms with Crippen molar-refractivity contribution in [2.75, 3.05) is 0 Å². The Balaban J connectivity index is 1.96. The monoisotopic (exact) mass is 374 g/mol. The summed E-state index contributed by atoms with van der Waals surface area (Å²) in [6.45, 7) is -0.200. The predicted octanol–water partition coefficient (Wildman–Crippen LogP) is 2.21. The Hall–Kier alpha value is -3.46. The number of rotatable bonds is 5. The van der Waals surface area contributed by atoms with Crippen molar-refractivity contribution in [3.05, 3.63) is 79.7 Å². The van der Waals surface area contributed by atoms with Crippen LogP contribution < -0.4 is 11.3 Å². The summed E-state index contributed by atoms with van der Waals surface area (Å²) in [5.41, 5.74) is 4.14. The molecule has 1 aromatic carbocycles. The van der Waals surface area contributed by atoms with E-state index in [2.05, 4.69) is 4.98 Å². The fourth-order valence-corrected chi connectivity index (χ4v) is 2.42. The summed E-state index contributed by atoms with van der Waals surface area (Å²) in [5.74, 6) is -0.486. The topological polar surface area (TPSA) is 134 Å². The van der Waals surface area contributed by atoms with Crippen LogP contribution in [0.1, 0.15) is 16.2 Å². The Kier molecular flexibility index (Phi) is 4.55. The van der Waals surface area contributed by atoms with Crippen molar-refractivity contribution in [2.24, 2.45) is 5.73 Å². The van der Waals surface area contributed by atoms with E-state index >= 15 is 0 Å². The van der Waals surface area contributed by atoms with Crippen molar-refractivity contribution in [3.63, 3.8) is 0 Å². The average molecular weight is 375 g/mol. The van der Waals surface area contributed by atoms with Crippen LogP contribution in [0.3, 0.4) is 0 Å². The first kappa shape index (κ1) is 17.4. The van der Waals surface area contributed by atoms with Crippen LogP contribution in [-0.2, 0) is 6.54 Å². The molecule has 26 heavy (non-hydrogen) atoms. The molecule has 2 heterocycles.